The molecule has 0 bridgehead atoms. The number of nitrogens with two attached hydrogens (primary N) is 1. The van der Waals surface area contributed by atoms with Crippen LogP contribution in [0, 0.1) is 5.82 Å². The first-order valence-corrected chi connectivity index (χ1v) is 6.51. The van der Waals surface area contributed by atoms with E-state index in [4.69, 9.17) is 10.5 Å². The number of para-hydroxylation sites is 1. The summed E-state index contributed by atoms with van der Waals surface area (Å²) in [7, 11) is 0. The van der Waals surface area contributed by atoms with Crippen LogP contribution < -0.4 is 10.5 Å². The summed E-state index contributed by atoms with van der Waals surface area (Å²) in [6.45, 7) is 2.17. The van der Waals surface area contributed by atoms with E-state index in [9.17, 15) is 4.39 Å². The number of anilines is 1. The fourth-order valence-corrected chi connectivity index (χ4v) is 1.84. The molecule has 3 heteroatoms. The first kappa shape index (κ1) is 13.4. The van der Waals surface area contributed by atoms with Gasteiger partial charge in [0.2, 0.25) is 0 Å². The van der Waals surface area contributed by atoms with Crippen molar-refractivity contribution in [3.8, 4) is 11.5 Å². The molecule has 0 aliphatic carbocycles. The largest absolute Gasteiger partial charge is 0.455 e. The molecule has 0 saturated heterocycles. The standard InChI is InChI=1S/C16H18FNO/c1-2-3-5-12-8-10-13(11-9-12)19-15-7-4-6-14(17)16(15)18/h4,6-11H,2-3,5,18H2,1H3. The molecule has 0 radical (unpaired) electrons. The summed E-state index contributed by atoms with van der Waals surface area (Å²) in [6.07, 6.45) is 3.42. The van der Waals surface area contributed by atoms with Crippen molar-refractivity contribution < 1.29 is 9.13 Å². The predicted molar refractivity (Wildman–Crippen MR) is 75.9 cm³/mol. The van der Waals surface area contributed by atoms with E-state index >= 15 is 0 Å². The van der Waals surface area contributed by atoms with E-state index in [0.717, 1.165) is 6.42 Å². The molecule has 0 aromatic heterocycles. The molecule has 2 aromatic rings. The van der Waals surface area contributed by atoms with Crippen LogP contribution in [0.2, 0.25) is 0 Å². The number of hydrogen-bond acceptors (Lipinski definition) is 2. The van der Waals surface area contributed by atoms with E-state index < -0.39 is 5.82 Å². The number of rotatable bonds is 5. The Hall–Kier alpha value is -2.03. The van der Waals surface area contributed by atoms with Crippen molar-refractivity contribution in [2.24, 2.45) is 0 Å². The lowest BCUT2D eigenvalue weighted by atomic mass is 10.1. The van der Waals surface area contributed by atoms with Gasteiger partial charge < -0.3 is 10.5 Å². The molecule has 0 fully saturated rings. The minimum absolute atomic E-state index is 0.0394. The predicted octanol–water partition coefficient (Wildman–Crippen LogP) is 4.54. The summed E-state index contributed by atoms with van der Waals surface area (Å²) in [5, 5.41) is 0. The topological polar surface area (TPSA) is 35.2 Å². The van der Waals surface area contributed by atoms with Gasteiger partial charge in [-0.15, -0.1) is 0 Å². The number of aryl methyl sites for hydroxylation is 1. The zero-order valence-corrected chi connectivity index (χ0v) is 11.0. The van der Waals surface area contributed by atoms with Crippen LogP contribution in [-0.2, 0) is 6.42 Å². The molecule has 0 atom stereocenters. The number of benzene rings is 2. The van der Waals surface area contributed by atoms with Crippen molar-refractivity contribution in [2.75, 3.05) is 5.73 Å². The van der Waals surface area contributed by atoms with Crippen molar-refractivity contribution in [3.63, 3.8) is 0 Å². The van der Waals surface area contributed by atoms with Crippen LogP contribution >= 0.6 is 0 Å². The number of halogens is 1. The normalized spacial score (nSPS) is 10.4. The maximum absolute atomic E-state index is 13.3. The van der Waals surface area contributed by atoms with Gasteiger partial charge >= 0.3 is 0 Å². The highest BCUT2D eigenvalue weighted by Gasteiger charge is 2.06. The second kappa shape index (κ2) is 6.23. The zero-order valence-electron chi connectivity index (χ0n) is 11.0. The van der Waals surface area contributed by atoms with Crippen LogP contribution in [0.3, 0.4) is 0 Å². The van der Waals surface area contributed by atoms with Gasteiger partial charge in [0, 0.05) is 0 Å². The summed E-state index contributed by atoms with van der Waals surface area (Å²) in [5.74, 6) is 0.552. The average molecular weight is 259 g/mol. The zero-order chi connectivity index (χ0) is 13.7. The van der Waals surface area contributed by atoms with E-state index in [1.807, 2.05) is 24.3 Å². The summed E-state index contributed by atoms with van der Waals surface area (Å²) >= 11 is 0. The number of nitrogen functional groups attached to an aromatic ring is 1. The summed E-state index contributed by atoms with van der Waals surface area (Å²) < 4.78 is 18.9. The highest BCUT2D eigenvalue weighted by Crippen LogP contribution is 2.29. The minimum atomic E-state index is -0.461. The fourth-order valence-electron chi connectivity index (χ4n) is 1.84. The molecular weight excluding hydrogens is 241 g/mol. The van der Waals surface area contributed by atoms with Crippen LogP contribution in [0.4, 0.5) is 10.1 Å². The third-order valence-corrected chi connectivity index (χ3v) is 2.98. The summed E-state index contributed by atoms with van der Waals surface area (Å²) in [6, 6.07) is 12.4. The third-order valence-electron chi connectivity index (χ3n) is 2.98. The molecule has 100 valence electrons. The Morgan fingerprint density at radius 2 is 1.84 bits per heavy atom. The first-order chi connectivity index (χ1) is 9.20. The van der Waals surface area contributed by atoms with Crippen molar-refractivity contribution in [1.82, 2.24) is 0 Å². The van der Waals surface area contributed by atoms with Crippen LogP contribution in [0.25, 0.3) is 0 Å². The van der Waals surface area contributed by atoms with E-state index in [-0.39, 0.29) is 5.69 Å². The molecule has 0 aliphatic rings. The Morgan fingerprint density at radius 3 is 2.53 bits per heavy atom. The quantitative estimate of drug-likeness (QED) is 0.800. The van der Waals surface area contributed by atoms with Crippen LogP contribution in [0.5, 0.6) is 11.5 Å². The maximum atomic E-state index is 13.3. The van der Waals surface area contributed by atoms with E-state index in [2.05, 4.69) is 6.92 Å². The van der Waals surface area contributed by atoms with Crippen molar-refractivity contribution in [2.45, 2.75) is 26.2 Å². The first-order valence-electron chi connectivity index (χ1n) is 6.51. The second-order valence-corrected chi connectivity index (χ2v) is 4.50. The molecule has 0 saturated carbocycles. The Labute approximate surface area is 113 Å². The van der Waals surface area contributed by atoms with Crippen LogP contribution in [0.1, 0.15) is 25.3 Å². The van der Waals surface area contributed by atoms with Crippen molar-refractivity contribution in [3.05, 3.63) is 53.8 Å². The monoisotopic (exact) mass is 259 g/mol. The van der Waals surface area contributed by atoms with Crippen molar-refractivity contribution >= 4 is 5.69 Å². The van der Waals surface area contributed by atoms with Gasteiger partial charge in [-0.1, -0.05) is 31.5 Å². The smallest absolute Gasteiger partial charge is 0.153 e. The molecule has 0 heterocycles. The molecule has 2 N–H and O–H groups in total. The molecule has 2 rings (SSSR count). The summed E-state index contributed by atoms with van der Waals surface area (Å²) in [5.41, 5.74) is 6.94. The van der Waals surface area contributed by atoms with Crippen LogP contribution in [0.15, 0.2) is 42.5 Å². The SMILES string of the molecule is CCCCc1ccc(Oc2cccc(F)c2N)cc1. The number of ether oxygens (including phenoxy) is 1. The minimum Gasteiger partial charge on any atom is -0.455 e. The van der Waals surface area contributed by atoms with Gasteiger partial charge in [-0.2, -0.15) is 0 Å². The van der Waals surface area contributed by atoms with Gasteiger partial charge in [0.05, 0.1) is 0 Å². The lowest BCUT2D eigenvalue weighted by Crippen LogP contribution is -1.95. The van der Waals surface area contributed by atoms with Gasteiger partial charge in [0.1, 0.15) is 17.3 Å². The summed E-state index contributed by atoms with van der Waals surface area (Å²) in [4.78, 5) is 0. The molecule has 2 aromatic carbocycles. The molecule has 0 spiro atoms. The third kappa shape index (κ3) is 3.47. The number of hydrogen-bond donors (Lipinski definition) is 1. The molecule has 0 unspecified atom stereocenters. The second-order valence-electron chi connectivity index (χ2n) is 4.50. The molecule has 2 nitrogen and oxygen atoms in total. The van der Waals surface area contributed by atoms with Gasteiger partial charge in [0.15, 0.2) is 5.75 Å². The lowest BCUT2D eigenvalue weighted by molar-refractivity contribution is 0.480. The molecule has 0 amide bonds. The van der Waals surface area contributed by atoms with Gasteiger partial charge in [-0.25, -0.2) is 4.39 Å². The Bertz CT molecular complexity index is 537. The molecule has 0 aliphatic heterocycles. The highest BCUT2D eigenvalue weighted by molar-refractivity contribution is 5.54. The molecular formula is C16H18FNO. The van der Waals surface area contributed by atoms with Gasteiger partial charge in [-0.05, 0) is 42.7 Å². The number of unbranched alkanes of at least 4 members (excludes halogenated alkanes) is 1. The highest BCUT2D eigenvalue weighted by atomic mass is 19.1. The average Bonchev–Trinajstić information content (AvgIpc) is 2.43. The van der Waals surface area contributed by atoms with Gasteiger partial charge in [-0.3, -0.25) is 0 Å². The van der Waals surface area contributed by atoms with E-state index in [1.165, 1.54) is 24.5 Å². The lowest BCUT2D eigenvalue weighted by Gasteiger charge is -2.09. The Kier molecular flexibility index (Phi) is 4.39. The Balaban J connectivity index is 2.09. The van der Waals surface area contributed by atoms with Crippen molar-refractivity contribution in [1.29, 1.82) is 0 Å². The maximum Gasteiger partial charge on any atom is 0.153 e. The van der Waals surface area contributed by atoms with Gasteiger partial charge in [0.25, 0.3) is 0 Å². The fraction of sp³-hybridized carbons (Fsp3) is 0.250. The van der Waals surface area contributed by atoms with E-state index in [1.54, 1.807) is 12.1 Å². The molecule has 19 heavy (non-hydrogen) atoms. The van der Waals surface area contributed by atoms with Crippen LogP contribution in [-0.4, -0.2) is 0 Å². The Morgan fingerprint density at radius 1 is 1.11 bits per heavy atom. The van der Waals surface area contributed by atoms with E-state index in [0.29, 0.717) is 11.5 Å².